The lowest BCUT2D eigenvalue weighted by molar-refractivity contribution is -0.150. The third-order valence-electron chi connectivity index (χ3n) is 4.90. The molecule has 1 aromatic carbocycles. The highest BCUT2D eigenvalue weighted by molar-refractivity contribution is 6.31. The number of hydrogen-bond acceptors (Lipinski definition) is 5. The van der Waals surface area contributed by atoms with Crippen LogP contribution in [0.1, 0.15) is 31.2 Å². The predicted molar refractivity (Wildman–Crippen MR) is 97.2 cm³/mol. The van der Waals surface area contributed by atoms with Crippen molar-refractivity contribution in [3.05, 3.63) is 28.8 Å². The number of nitrogens with zero attached hydrogens (tertiary/aromatic N) is 1. The molecule has 1 aliphatic carbocycles. The summed E-state index contributed by atoms with van der Waals surface area (Å²) >= 11 is 5.99. The normalized spacial score (nSPS) is 17.9. The van der Waals surface area contributed by atoms with Gasteiger partial charge >= 0.3 is 12.0 Å². The highest BCUT2D eigenvalue weighted by Gasteiger charge is 2.52. The topological polar surface area (TPSA) is 105 Å². The van der Waals surface area contributed by atoms with E-state index < -0.39 is 42.5 Å². The molecule has 0 atom stereocenters. The number of imide groups is 1. The smallest absolute Gasteiger partial charge is 0.326 e. The molecule has 2 fully saturated rings. The number of carbonyl (C=O) groups excluding carboxylic acids is 4. The molecule has 4 amide bonds. The van der Waals surface area contributed by atoms with Gasteiger partial charge in [-0.15, -0.1) is 0 Å². The van der Waals surface area contributed by atoms with Gasteiger partial charge in [-0.2, -0.15) is 0 Å². The third kappa shape index (κ3) is 3.90. The first-order valence-electron chi connectivity index (χ1n) is 8.67. The second kappa shape index (κ2) is 7.56. The molecule has 0 aromatic heterocycles. The van der Waals surface area contributed by atoms with Crippen LogP contribution in [-0.2, 0) is 19.1 Å². The Morgan fingerprint density at radius 2 is 2.00 bits per heavy atom. The zero-order valence-corrected chi connectivity index (χ0v) is 15.6. The number of benzene rings is 1. The van der Waals surface area contributed by atoms with Crippen LogP contribution in [0.3, 0.4) is 0 Å². The van der Waals surface area contributed by atoms with Crippen molar-refractivity contribution in [2.75, 3.05) is 18.5 Å². The van der Waals surface area contributed by atoms with Crippen molar-refractivity contribution >= 4 is 41.1 Å². The van der Waals surface area contributed by atoms with E-state index in [4.69, 9.17) is 16.3 Å². The highest BCUT2D eigenvalue weighted by Crippen LogP contribution is 2.34. The summed E-state index contributed by atoms with van der Waals surface area (Å²) < 4.78 is 4.90. The largest absolute Gasteiger partial charge is 0.454 e. The van der Waals surface area contributed by atoms with Gasteiger partial charge in [0.1, 0.15) is 12.1 Å². The number of ether oxygens (including phenoxy) is 1. The molecule has 1 saturated carbocycles. The fourth-order valence-electron chi connectivity index (χ4n) is 3.39. The Morgan fingerprint density at radius 3 is 2.70 bits per heavy atom. The molecule has 1 aliphatic heterocycles. The fraction of sp³-hybridized carbons (Fsp3) is 0.444. The van der Waals surface area contributed by atoms with Gasteiger partial charge in [-0.05, 0) is 37.5 Å². The summed E-state index contributed by atoms with van der Waals surface area (Å²) in [5, 5.41) is 5.78. The number of nitrogens with one attached hydrogen (secondary N) is 2. The molecular formula is C18H20ClN3O5. The van der Waals surface area contributed by atoms with Crippen molar-refractivity contribution in [1.29, 1.82) is 0 Å². The van der Waals surface area contributed by atoms with E-state index in [0.29, 0.717) is 29.1 Å². The minimum Gasteiger partial charge on any atom is -0.454 e. The van der Waals surface area contributed by atoms with E-state index >= 15 is 0 Å². The van der Waals surface area contributed by atoms with Gasteiger partial charge in [-0.3, -0.25) is 19.3 Å². The van der Waals surface area contributed by atoms with E-state index in [0.717, 1.165) is 17.7 Å². The maximum absolute atomic E-state index is 12.5. The molecule has 2 aliphatic rings. The first kappa shape index (κ1) is 19.2. The van der Waals surface area contributed by atoms with Crippen LogP contribution in [-0.4, -0.2) is 47.4 Å². The third-order valence-corrected chi connectivity index (χ3v) is 5.31. The van der Waals surface area contributed by atoms with E-state index in [1.54, 1.807) is 25.1 Å². The first-order chi connectivity index (χ1) is 12.8. The Hall–Kier alpha value is -2.61. The molecule has 3 rings (SSSR count). The van der Waals surface area contributed by atoms with E-state index in [2.05, 4.69) is 10.6 Å². The van der Waals surface area contributed by atoms with Crippen molar-refractivity contribution in [2.45, 2.75) is 38.1 Å². The van der Waals surface area contributed by atoms with Gasteiger partial charge in [0.15, 0.2) is 6.61 Å². The van der Waals surface area contributed by atoms with E-state index in [1.807, 2.05) is 0 Å². The van der Waals surface area contributed by atoms with Crippen LogP contribution in [0, 0.1) is 6.92 Å². The van der Waals surface area contributed by atoms with Crippen LogP contribution in [0.2, 0.25) is 5.02 Å². The monoisotopic (exact) mass is 393 g/mol. The molecule has 1 heterocycles. The number of anilines is 1. The summed E-state index contributed by atoms with van der Waals surface area (Å²) in [6.07, 6.45) is 2.86. The molecule has 9 heteroatoms. The zero-order chi connectivity index (χ0) is 19.6. The summed E-state index contributed by atoms with van der Waals surface area (Å²) in [5.74, 6) is -1.77. The lowest BCUT2D eigenvalue weighted by Gasteiger charge is -2.19. The quantitative estimate of drug-likeness (QED) is 0.588. The molecule has 27 heavy (non-hydrogen) atoms. The molecular weight excluding hydrogens is 374 g/mol. The van der Waals surface area contributed by atoms with E-state index in [9.17, 15) is 19.2 Å². The van der Waals surface area contributed by atoms with Gasteiger partial charge in [0.25, 0.3) is 11.8 Å². The van der Waals surface area contributed by atoms with Crippen LogP contribution in [0.25, 0.3) is 0 Å². The molecule has 1 spiro atoms. The molecule has 0 bridgehead atoms. The van der Waals surface area contributed by atoms with Gasteiger partial charge in [0.2, 0.25) is 0 Å². The second-order valence-electron chi connectivity index (χ2n) is 6.73. The Balaban J connectivity index is 1.51. The Bertz CT molecular complexity index is 804. The summed E-state index contributed by atoms with van der Waals surface area (Å²) in [6.45, 7) is 0.704. The fourth-order valence-corrected chi connectivity index (χ4v) is 3.56. The molecule has 2 N–H and O–H groups in total. The van der Waals surface area contributed by atoms with Gasteiger partial charge in [-0.25, -0.2) is 4.79 Å². The lowest BCUT2D eigenvalue weighted by Crippen LogP contribution is -2.44. The van der Waals surface area contributed by atoms with Crippen molar-refractivity contribution in [2.24, 2.45) is 0 Å². The Morgan fingerprint density at radius 1 is 1.30 bits per heavy atom. The average molecular weight is 394 g/mol. The van der Waals surface area contributed by atoms with Crippen LogP contribution < -0.4 is 10.6 Å². The van der Waals surface area contributed by atoms with Crippen molar-refractivity contribution < 1.29 is 23.9 Å². The first-order valence-corrected chi connectivity index (χ1v) is 9.05. The van der Waals surface area contributed by atoms with E-state index in [-0.39, 0.29) is 0 Å². The van der Waals surface area contributed by atoms with Crippen LogP contribution in [0.15, 0.2) is 18.2 Å². The Kier molecular flexibility index (Phi) is 5.36. The molecule has 1 aromatic rings. The number of halogens is 1. The lowest BCUT2D eigenvalue weighted by atomic mass is 9.98. The molecule has 8 nitrogen and oxygen atoms in total. The van der Waals surface area contributed by atoms with Gasteiger partial charge in [0, 0.05) is 10.7 Å². The van der Waals surface area contributed by atoms with Gasteiger partial charge in [-0.1, -0.05) is 30.5 Å². The number of urea groups is 1. The number of esters is 1. The maximum atomic E-state index is 12.5. The zero-order valence-electron chi connectivity index (χ0n) is 14.8. The van der Waals surface area contributed by atoms with Gasteiger partial charge in [0.05, 0.1) is 0 Å². The second-order valence-corrected chi connectivity index (χ2v) is 7.14. The summed E-state index contributed by atoms with van der Waals surface area (Å²) in [6, 6.07) is 4.46. The van der Waals surface area contributed by atoms with Crippen molar-refractivity contribution in [3.8, 4) is 0 Å². The number of carbonyl (C=O) groups is 4. The van der Waals surface area contributed by atoms with Gasteiger partial charge < -0.3 is 15.4 Å². The highest BCUT2D eigenvalue weighted by atomic mass is 35.5. The summed E-state index contributed by atoms with van der Waals surface area (Å²) in [4.78, 5) is 49.3. The van der Waals surface area contributed by atoms with Crippen LogP contribution in [0.4, 0.5) is 10.5 Å². The summed E-state index contributed by atoms with van der Waals surface area (Å²) in [7, 11) is 0. The SMILES string of the molecule is Cc1c(Cl)cccc1NC(=O)COC(=O)CN1C(=O)NC2(CCCC2)C1=O. The average Bonchev–Trinajstić information content (AvgIpc) is 3.18. The number of hydrogen-bond donors (Lipinski definition) is 2. The molecule has 0 radical (unpaired) electrons. The molecule has 144 valence electrons. The predicted octanol–water partition coefficient (Wildman–Crippen LogP) is 1.99. The van der Waals surface area contributed by atoms with Crippen molar-refractivity contribution in [1.82, 2.24) is 10.2 Å². The van der Waals surface area contributed by atoms with E-state index in [1.165, 1.54) is 0 Å². The maximum Gasteiger partial charge on any atom is 0.326 e. The minimum atomic E-state index is -0.876. The standard InChI is InChI=1S/C18H20ClN3O5/c1-11-12(19)5-4-6-13(11)20-14(23)10-27-15(24)9-22-16(25)18(21-17(22)26)7-2-3-8-18/h4-6H,2-3,7-10H2,1H3,(H,20,23)(H,21,26). The number of amides is 4. The van der Waals surface area contributed by atoms with Crippen LogP contribution >= 0.6 is 11.6 Å². The molecule has 1 saturated heterocycles. The Labute approximate surface area is 161 Å². The van der Waals surface area contributed by atoms with Crippen molar-refractivity contribution in [3.63, 3.8) is 0 Å². The summed E-state index contributed by atoms with van der Waals surface area (Å²) in [5.41, 5.74) is 0.333. The number of rotatable bonds is 5. The molecule has 0 unspecified atom stereocenters. The van der Waals surface area contributed by atoms with Crippen LogP contribution in [0.5, 0.6) is 0 Å². The minimum absolute atomic E-state index is 0.402.